The van der Waals surface area contributed by atoms with Crippen molar-refractivity contribution >= 4 is 27.9 Å². The molecule has 1 rings (SSSR count). The third kappa shape index (κ3) is 2.52. The summed E-state index contributed by atoms with van der Waals surface area (Å²) in [7, 11) is 1.34. The first kappa shape index (κ1) is 12.5. The Kier molecular flexibility index (Phi) is 3.89. The van der Waals surface area contributed by atoms with E-state index in [1.54, 1.807) is 6.07 Å². The van der Waals surface area contributed by atoms with E-state index in [1.807, 2.05) is 0 Å². The largest absolute Gasteiger partial charge is 0.496 e. The van der Waals surface area contributed by atoms with Gasteiger partial charge in [-0.2, -0.15) is 0 Å². The zero-order valence-corrected chi connectivity index (χ0v) is 10.2. The van der Waals surface area contributed by atoms with E-state index in [4.69, 9.17) is 14.6 Å². The summed E-state index contributed by atoms with van der Waals surface area (Å²) >= 11 is 3.11. The molecule has 86 valence electrons. The number of carbonyl (C=O) groups excluding carboxylic acids is 1. The van der Waals surface area contributed by atoms with E-state index in [0.717, 1.165) is 0 Å². The summed E-state index contributed by atoms with van der Waals surface area (Å²) in [5.74, 6) is -1.75. The molecule has 6 heteroatoms. The number of hydrogen-bond acceptors (Lipinski definition) is 4. The molecule has 0 heterocycles. The maximum absolute atomic E-state index is 11.0. The van der Waals surface area contributed by atoms with E-state index in [-0.39, 0.29) is 17.1 Å². The lowest BCUT2D eigenvalue weighted by molar-refractivity contribution is -0.131. The molecule has 0 fully saturated rings. The third-order valence-corrected chi connectivity index (χ3v) is 2.38. The van der Waals surface area contributed by atoms with Crippen molar-refractivity contribution in [2.24, 2.45) is 0 Å². The van der Waals surface area contributed by atoms with Crippen LogP contribution in [0.3, 0.4) is 0 Å². The molecular formula is C10H9BrO5. The van der Waals surface area contributed by atoms with Gasteiger partial charge in [-0.05, 0) is 28.1 Å². The predicted octanol–water partition coefficient (Wildman–Crippen LogP) is 2.08. The molecule has 0 radical (unpaired) electrons. The number of esters is 1. The molecule has 0 unspecified atom stereocenters. The second-order valence-electron chi connectivity index (χ2n) is 2.85. The van der Waals surface area contributed by atoms with Crippen molar-refractivity contribution in [2.45, 2.75) is 6.92 Å². The quantitative estimate of drug-likeness (QED) is 0.681. The van der Waals surface area contributed by atoms with Gasteiger partial charge in [-0.15, -0.1) is 0 Å². The lowest BCUT2D eigenvalue weighted by atomic mass is 10.2. The van der Waals surface area contributed by atoms with E-state index in [2.05, 4.69) is 15.9 Å². The van der Waals surface area contributed by atoms with Crippen LogP contribution in [-0.4, -0.2) is 24.2 Å². The van der Waals surface area contributed by atoms with Crippen LogP contribution in [0.25, 0.3) is 0 Å². The molecular weight excluding hydrogens is 280 g/mol. The SMILES string of the molecule is COc1ccc(Br)c(OC(C)=O)c1C(=O)O. The van der Waals surface area contributed by atoms with Crippen LogP contribution in [0.5, 0.6) is 11.5 Å². The van der Waals surface area contributed by atoms with Crippen molar-refractivity contribution in [1.29, 1.82) is 0 Å². The van der Waals surface area contributed by atoms with Crippen molar-refractivity contribution in [3.63, 3.8) is 0 Å². The van der Waals surface area contributed by atoms with Crippen LogP contribution in [0.2, 0.25) is 0 Å². The molecule has 0 aliphatic rings. The highest BCUT2D eigenvalue weighted by Crippen LogP contribution is 2.35. The number of ether oxygens (including phenoxy) is 2. The van der Waals surface area contributed by atoms with Crippen LogP contribution >= 0.6 is 15.9 Å². The molecule has 1 aromatic rings. The highest BCUT2D eigenvalue weighted by atomic mass is 79.9. The zero-order valence-electron chi connectivity index (χ0n) is 8.61. The molecule has 0 aromatic heterocycles. The molecule has 0 amide bonds. The summed E-state index contributed by atoms with van der Waals surface area (Å²) in [5.41, 5.74) is -0.188. The maximum atomic E-state index is 11.0. The maximum Gasteiger partial charge on any atom is 0.343 e. The number of aromatic carboxylic acids is 1. The van der Waals surface area contributed by atoms with Crippen molar-refractivity contribution in [1.82, 2.24) is 0 Å². The predicted molar refractivity (Wildman–Crippen MR) is 59.0 cm³/mol. The second kappa shape index (κ2) is 4.98. The number of methoxy groups -OCH3 is 1. The van der Waals surface area contributed by atoms with Crippen LogP contribution in [-0.2, 0) is 4.79 Å². The minimum atomic E-state index is -1.23. The molecule has 0 saturated carbocycles. The van der Waals surface area contributed by atoms with Gasteiger partial charge in [0.25, 0.3) is 0 Å². The van der Waals surface area contributed by atoms with Gasteiger partial charge in [0.05, 0.1) is 11.6 Å². The van der Waals surface area contributed by atoms with Crippen molar-refractivity contribution in [3.05, 3.63) is 22.2 Å². The first-order valence-electron chi connectivity index (χ1n) is 4.25. The van der Waals surface area contributed by atoms with Gasteiger partial charge in [0, 0.05) is 6.92 Å². The van der Waals surface area contributed by atoms with E-state index in [9.17, 15) is 9.59 Å². The van der Waals surface area contributed by atoms with Crippen LogP contribution in [0.1, 0.15) is 17.3 Å². The molecule has 0 bridgehead atoms. The second-order valence-corrected chi connectivity index (χ2v) is 3.71. The summed E-state index contributed by atoms with van der Waals surface area (Å²) in [6, 6.07) is 3.02. The van der Waals surface area contributed by atoms with Crippen molar-refractivity contribution in [3.8, 4) is 11.5 Å². The summed E-state index contributed by atoms with van der Waals surface area (Å²) in [4.78, 5) is 21.9. The Morgan fingerprint density at radius 1 is 1.38 bits per heavy atom. The Morgan fingerprint density at radius 2 is 2.00 bits per heavy atom. The van der Waals surface area contributed by atoms with E-state index in [0.29, 0.717) is 4.47 Å². The van der Waals surface area contributed by atoms with E-state index >= 15 is 0 Å². The highest BCUT2D eigenvalue weighted by molar-refractivity contribution is 9.10. The minimum absolute atomic E-state index is 0.0562. The van der Waals surface area contributed by atoms with Crippen LogP contribution in [0, 0.1) is 0 Å². The smallest absolute Gasteiger partial charge is 0.343 e. The van der Waals surface area contributed by atoms with Crippen LogP contribution < -0.4 is 9.47 Å². The molecule has 1 aromatic carbocycles. The Bertz CT molecular complexity index is 441. The summed E-state index contributed by atoms with van der Waals surface area (Å²) < 4.78 is 10.1. The normalized spacial score (nSPS) is 9.69. The van der Waals surface area contributed by atoms with Crippen molar-refractivity contribution < 1.29 is 24.2 Å². The Hall–Kier alpha value is -1.56. The summed E-state index contributed by atoms with van der Waals surface area (Å²) in [5, 5.41) is 9.02. The van der Waals surface area contributed by atoms with Gasteiger partial charge in [0.1, 0.15) is 11.3 Å². The van der Waals surface area contributed by atoms with Gasteiger partial charge < -0.3 is 14.6 Å². The van der Waals surface area contributed by atoms with Crippen LogP contribution in [0.4, 0.5) is 0 Å². The average molecular weight is 289 g/mol. The fraction of sp³-hybridized carbons (Fsp3) is 0.200. The van der Waals surface area contributed by atoms with Gasteiger partial charge >= 0.3 is 11.9 Å². The summed E-state index contributed by atoms with van der Waals surface area (Å²) in [6.07, 6.45) is 0. The van der Waals surface area contributed by atoms with Gasteiger partial charge in [0.15, 0.2) is 5.75 Å². The number of halogens is 1. The molecule has 0 atom stereocenters. The van der Waals surface area contributed by atoms with Crippen molar-refractivity contribution in [2.75, 3.05) is 7.11 Å². The van der Waals surface area contributed by atoms with Gasteiger partial charge in [-0.3, -0.25) is 4.79 Å². The highest BCUT2D eigenvalue weighted by Gasteiger charge is 2.21. The Morgan fingerprint density at radius 3 is 2.44 bits per heavy atom. The third-order valence-electron chi connectivity index (χ3n) is 1.75. The Balaban J connectivity index is 3.41. The molecule has 0 spiro atoms. The molecule has 5 nitrogen and oxygen atoms in total. The molecule has 0 aliphatic carbocycles. The molecule has 1 N–H and O–H groups in total. The topological polar surface area (TPSA) is 72.8 Å². The fourth-order valence-corrected chi connectivity index (χ4v) is 1.57. The Labute approximate surface area is 100 Å². The van der Waals surface area contributed by atoms with Crippen LogP contribution in [0.15, 0.2) is 16.6 Å². The number of carboxylic acid groups (broad SMARTS) is 1. The van der Waals surface area contributed by atoms with E-state index < -0.39 is 11.9 Å². The molecule has 0 saturated heterocycles. The molecule has 0 aliphatic heterocycles. The lowest BCUT2D eigenvalue weighted by Gasteiger charge is -2.11. The monoisotopic (exact) mass is 288 g/mol. The first-order chi connectivity index (χ1) is 7.47. The van der Waals surface area contributed by atoms with Gasteiger partial charge in [-0.25, -0.2) is 4.79 Å². The number of carbonyl (C=O) groups is 2. The number of benzene rings is 1. The number of rotatable bonds is 3. The average Bonchev–Trinajstić information content (AvgIpc) is 2.19. The lowest BCUT2D eigenvalue weighted by Crippen LogP contribution is -2.09. The number of hydrogen-bond donors (Lipinski definition) is 1. The fourth-order valence-electron chi connectivity index (χ4n) is 1.16. The van der Waals surface area contributed by atoms with Gasteiger partial charge in [-0.1, -0.05) is 0 Å². The standard InChI is InChI=1S/C10H9BrO5/c1-5(12)16-9-6(11)3-4-7(15-2)8(9)10(13)14/h3-4H,1-2H3,(H,13,14). The molecule has 16 heavy (non-hydrogen) atoms. The minimum Gasteiger partial charge on any atom is -0.496 e. The zero-order chi connectivity index (χ0) is 12.3. The summed E-state index contributed by atoms with van der Waals surface area (Å²) in [6.45, 7) is 1.19. The van der Waals surface area contributed by atoms with E-state index in [1.165, 1.54) is 20.1 Å². The first-order valence-corrected chi connectivity index (χ1v) is 5.05. The van der Waals surface area contributed by atoms with Gasteiger partial charge in [0.2, 0.25) is 0 Å². The number of carboxylic acids is 1.